The largest absolute Gasteiger partial charge is 0.465 e. The average molecular weight is 358 g/mol. The van der Waals surface area contributed by atoms with Crippen molar-refractivity contribution in [2.75, 3.05) is 6.54 Å². The van der Waals surface area contributed by atoms with Gasteiger partial charge in [0.1, 0.15) is 0 Å². The lowest BCUT2D eigenvalue weighted by atomic mass is 10.1. The van der Waals surface area contributed by atoms with Crippen molar-refractivity contribution in [3.8, 4) is 0 Å². The molecule has 1 aromatic heterocycles. The zero-order chi connectivity index (χ0) is 18.0. The lowest BCUT2D eigenvalue weighted by molar-refractivity contribution is 0.194. The molecule has 1 heterocycles. The molecular weight excluding hydrogens is 340 g/mol. The van der Waals surface area contributed by atoms with Crippen LogP contribution < -0.4 is 5.32 Å². The van der Waals surface area contributed by atoms with E-state index in [0.29, 0.717) is 6.42 Å². The SMILES string of the molecule is Cn1cc(CCNC(=O)O)c2cc(S(=O)(=O)c3ccccc3)ccc21. The molecule has 0 atom stereocenters. The van der Waals surface area contributed by atoms with Gasteiger partial charge < -0.3 is 15.0 Å². The van der Waals surface area contributed by atoms with E-state index in [2.05, 4.69) is 5.32 Å². The van der Waals surface area contributed by atoms with Gasteiger partial charge in [-0.25, -0.2) is 13.2 Å². The van der Waals surface area contributed by atoms with E-state index in [0.717, 1.165) is 16.5 Å². The summed E-state index contributed by atoms with van der Waals surface area (Å²) in [4.78, 5) is 11.1. The number of carboxylic acid groups (broad SMARTS) is 1. The molecule has 0 saturated carbocycles. The van der Waals surface area contributed by atoms with Gasteiger partial charge in [0.25, 0.3) is 0 Å². The van der Waals surface area contributed by atoms with Gasteiger partial charge >= 0.3 is 6.09 Å². The third kappa shape index (κ3) is 3.36. The number of sulfone groups is 1. The first-order valence-corrected chi connectivity index (χ1v) is 9.23. The van der Waals surface area contributed by atoms with E-state index in [1.165, 1.54) is 0 Å². The zero-order valence-corrected chi connectivity index (χ0v) is 14.5. The molecule has 3 aromatic rings. The first-order chi connectivity index (χ1) is 11.9. The van der Waals surface area contributed by atoms with Crippen molar-refractivity contribution in [2.45, 2.75) is 16.2 Å². The Labute approximate surface area is 145 Å². The Hall–Kier alpha value is -2.80. The van der Waals surface area contributed by atoms with E-state index < -0.39 is 15.9 Å². The van der Waals surface area contributed by atoms with Gasteiger partial charge in [0.2, 0.25) is 9.84 Å². The lowest BCUT2D eigenvalue weighted by Crippen LogP contribution is -2.23. The number of benzene rings is 2. The Morgan fingerprint density at radius 1 is 1.12 bits per heavy atom. The second kappa shape index (κ2) is 6.60. The molecule has 0 spiro atoms. The number of amides is 1. The van der Waals surface area contributed by atoms with Crippen molar-refractivity contribution in [3.05, 3.63) is 60.3 Å². The van der Waals surface area contributed by atoms with Crippen LogP contribution in [0.1, 0.15) is 5.56 Å². The smallest absolute Gasteiger partial charge is 0.404 e. The molecule has 6 nitrogen and oxygen atoms in total. The topological polar surface area (TPSA) is 88.4 Å². The van der Waals surface area contributed by atoms with Crippen molar-refractivity contribution in [1.29, 1.82) is 0 Å². The molecule has 0 unspecified atom stereocenters. The van der Waals surface area contributed by atoms with E-state index in [1.807, 2.05) is 17.8 Å². The fraction of sp³-hybridized carbons (Fsp3) is 0.167. The Bertz CT molecular complexity index is 1020. The van der Waals surface area contributed by atoms with Crippen LogP contribution in [0.25, 0.3) is 10.9 Å². The zero-order valence-electron chi connectivity index (χ0n) is 13.6. The number of aromatic nitrogens is 1. The normalized spacial score (nSPS) is 11.6. The summed E-state index contributed by atoms with van der Waals surface area (Å²) in [5, 5.41) is 11.8. The van der Waals surface area contributed by atoms with Gasteiger partial charge in [-0.2, -0.15) is 0 Å². The molecule has 0 bridgehead atoms. The lowest BCUT2D eigenvalue weighted by Gasteiger charge is -2.06. The molecule has 0 aliphatic carbocycles. The van der Waals surface area contributed by atoms with Crippen LogP contribution >= 0.6 is 0 Å². The summed E-state index contributed by atoms with van der Waals surface area (Å²) in [7, 11) is -1.71. The average Bonchev–Trinajstić information content (AvgIpc) is 2.91. The highest BCUT2D eigenvalue weighted by molar-refractivity contribution is 7.91. The fourth-order valence-electron chi connectivity index (χ4n) is 2.86. The summed E-state index contributed by atoms with van der Waals surface area (Å²) in [6.07, 6.45) is 1.30. The second-order valence-corrected chi connectivity index (χ2v) is 7.69. The molecule has 7 heteroatoms. The minimum Gasteiger partial charge on any atom is -0.465 e. The highest BCUT2D eigenvalue weighted by Gasteiger charge is 2.19. The van der Waals surface area contributed by atoms with Gasteiger partial charge in [-0.05, 0) is 42.3 Å². The van der Waals surface area contributed by atoms with Crippen LogP contribution in [0.15, 0.2) is 64.5 Å². The Morgan fingerprint density at radius 2 is 1.84 bits per heavy atom. The van der Waals surface area contributed by atoms with Crippen LogP contribution in [-0.2, 0) is 23.3 Å². The summed E-state index contributed by atoms with van der Waals surface area (Å²) in [5.74, 6) is 0. The molecule has 0 fully saturated rings. The first-order valence-electron chi connectivity index (χ1n) is 7.74. The highest BCUT2D eigenvalue weighted by atomic mass is 32.2. The molecule has 0 aliphatic heterocycles. The van der Waals surface area contributed by atoms with Crippen molar-refractivity contribution >= 4 is 26.8 Å². The van der Waals surface area contributed by atoms with Crippen LogP contribution in [0.3, 0.4) is 0 Å². The molecule has 2 N–H and O–H groups in total. The van der Waals surface area contributed by atoms with Gasteiger partial charge in [-0.15, -0.1) is 0 Å². The third-order valence-corrected chi connectivity index (χ3v) is 5.85. The van der Waals surface area contributed by atoms with Gasteiger partial charge in [0, 0.05) is 30.7 Å². The number of rotatable bonds is 5. The minimum absolute atomic E-state index is 0.227. The number of carbonyl (C=O) groups is 1. The number of hydrogen-bond acceptors (Lipinski definition) is 3. The molecule has 25 heavy (non-hydrogen) atoms. The van der Waals surface area contributed by atoms with Crippen LogP contribution in [0.5, 0.6) is 0 Å². The van der Waals surface area contributed by atoms with E-state index in [9.17, 15) is 13.2 Å². The molecule has 130 valence electrons. The van der Waals surface area contributed by atoms with Gasteiger partial charge in [-0.1, -0.05) is 18.2 Å². The summed E-state index contributed by atoms with van der Waals surface area (Å²) < 4.78 is 27.5. The standard InChI is InChI=1S/C18H18N2O4S/c1-20-12-13(9-10-19-18(21)22)16-11-15(7-8-17(16)20)25(23,24)14-5-3-2-4-6-14/h2-8,11-12,19H,9-10H2,1H3,(H,21,22). The summed E-state index contributed by atoms with van der Waals surface area (Å²) >= 11 is 0. The van der Waals surface area contributed by atoms with Gasteiger partial charge in [-0.3, -0.25) is 0 Å². The van der Waals surface area contributed by atoms with E-state index >= 15 is 0 Å². The maximum Gasteiger partial charge on any atom is 0.404 e. The van der Waals surface area contributed by atoms with Gasteiger partial charge in [0.15, 0.2) is 0 Å². The molecule has 0 aliphatic rings. The number of aryl methyl sites for hydroxylation is 1. The Balaban J connectivity index is 2.03. The summed E-state index contributed by atoms with van der Waals surface area (Å²) in [6.45, 7) is 0.268. The van der Waals surface area contributed by atoms with Crippen LogP contribution in [0.4, 0.5) is 4.79 Å². The number of nitrogens with zero attached hydrogens (tertiary/aromatic N) is 1. The van der Waals surface area contributed by atoms with Crippen molar-refractivity contribution in [1.82, 2.24) is 9.88 Å². The summed E-state index contributed by atoms with van der Waals surface area (Å²) in [5.41, 5.74) is 1.80. The summed E-state index contributed by atoms with van der Waals surface area (Å²) in [6, 6.07) is 13.3. The fourth-order valence-corrected chi connectivity index (χ4v) is 4.17. The molecule has 1 amide bonds. The molecule has 3 rings (SSSR count). The second-order valence-electron chi connectivity index (χ2n) is 5.74. The van der Waals surface area contributed by atoms with Crippen molar-refractivity contribution in [2.24, 2.45) is 7.05 Å². The number of fused-ring (bicyclic) bond motifs is 1. The Kier molecular flexibility index (Phi) is 4.50. The van der Waals surface area contributed by atoms with Crippen LogP contribution in [-0.4, -0.2) is 30.7 Å². The van der Waals surface area contributed by atoms with E-state index in [-0.39, 0.29) is 16.3 Å². The molecule has 0 saturated heterocycles. The van der Waals surface area contributed by atoms with E-state index in [4.69, 9.17) is 5.11 Å². The third-order valence-electron chi connectivity index (χ3n) is 4.08. The molecular formula is C18H18N2O4S. The maximum absolute atomic E-state index is 12.8. The Morgan fingerprint density at radius 3 is 2.52 bits per heavy atom. The van der Waals surface area contributed by atoms with Gasteiger partial charge in [0.05, 0.1) is 9.79 Å². The van der Waals surface area contributed by atoms with Crippen LogP contribution in [0.2, 0.25) is 0 Å². The predicted molar refractivity (Wildman–Crippen MR) is 94.5 cm³/mol. The highest BCUT2D eigenvalue weighted by Crippen LogP contribution is 2.27. The first kappa shape index (κ1) is 17.0. The predicted octanol–water partition coefficient (Wildman–Crippen LogP) is 2.82. The van der Waals surface area contributed by atoms with E-state index in [1.54, 1.807) is 48.5 Å². The van der Waals surface area contributed by atoms with Crippen molar-refractivity contribution < 1.29 is 18.3 Å². The molecule has 0 radical (unpaired) electrons. The van der Waals surface area contributed by atoms with Crippen molar-refractivity contribution in [3.63, 3.8) is 0 Å². The maximum atomic E-state index is 12.8. The quantitative estimate of drug-likeness (QED) is 0.734. The monoisotopic (exact) mass is 358 g/mol. The van der Waals surface area contributed by atoms with Crippen LogP contribution in [0, 0.1) is 0 Å². The molecule has 2 aromatic carbocycles. The minimum atomic E-state index is -3.59. The number of hydrogen-bond donors (Lipinski definition) is 2. The number of nitrogens with one attached hydrogen (secondary N) is 1.